The minimum absolute atomic E-state index is 0.307. The number of hydrogen-bond acceptors (Lipinski definition) is 1. The summed E-state index contributed by atoms with van der Waals surface area (Å²) in [6.07, 6.45) is 0.307. The van der Waals surface area contributed by atoms with E-state index in [1.54, 1.807) is 0 Å². The second-order valence-electron chi connectivity index (χ2n) is 1.66. The molecule has 0 aromatic carbocycles. The van der Waals surface area contributed by atoms with Gasteiger partial charge in [-0.15, -0.1) is 0 Å². The second kappa shape index (κ2) is 3.22. The van der Waals surface area contributed by atoms with Crippen LogP contribution in [0.5, 0.6) is 0 Å². The van der Waals surface area contributed by atoms with Crippen LogP contribution in [0.2, 0.25) is 0 Å². The van der Waals surface area contributed by atoms with E-state index >= 15 is 0 Å². The third-order valence-corrected chi connectivity index (χ3v) is 0.604. The second-order valence-corrected chi connectivity index (χ2v) is 2.86. The van der Waals surface area contributed by atoms with Crippen LogP contribution >= 0.6 is 0 Å². The first-order chi connectivity index (χ1) is 3.13. The Balaban J connectivity index is 3.13. The average Bonchev–Trinajstić information content (AvgIpc) is 1.27. The standard InChI is InChI=1S/C5H10OSe/c1-4(2)6-5(3)7/h4H,1-3H3. The van der Waals surface area contributed by atoms with Crippen molar-refractivity contribution >= 4 is 20.2 Å². The van der Waals surface area contributed by atoms with Gasteiger partial charge in [-0.3, -0.25) is 0 Å². The molecule has 0 radical (unpaired) electrons. The first-order valence-electron chi connectivity index (χ1n) is 2.30. The fraction of sp³-hybridized carbons (Fsp3) is 0.800. The molecule has 0 N–H and O–H groups in total. The molecule has 2 heteroatoms. The zero-order chi connectivity index (χ0) is 5.86. The van der Waals surface area contributed by atoms with Gasteiger partial charge >= 0.3 is 51.8 Å². The fourth-order valence-corrected chi connectivity index (χ4v) is 0.736. The molecule has 0 saturated carbocycles. The first-order valence-corrected chi connectivity index (χ1v) is 3.16. The molecular formula is C5H10OSe. The summed E-state index contributed by atoms with van der Waals surface area (Å²) >= 11 is 2.77. The van der Waals surface area contributed by atoms with Crippen molar-refractivity contribution in [3.05, 3.63) is 0 Å². The van der Waals surface area contributed by atoms with Gasteiger partial charge in [0.15, 0.2) is 0 Å². The molecule has 0 aromatic heterocycles. The van der Waals surface area contributed by atoms with Gasteiger partial charge in [-0.05, 0) is 0 Å². The molecule has 0 aromatic rings. The van der Waals surface area contributed by atoms with Crippen molar-refractivity contribution in [3.8, 4) is 0 Å². The summed E-state index contributed by atoms with van der Waals surface area (Å²) in [5, 5.41) is 0. The van der Waals surface area contributed by atoms with Crippen LogP contribution in [-0.2, 0) is 4.74 Å². The van der Waals surface area contributed by atoms with Crippen molar-refractivity contribution < 1.29 is 4.74 Å². The molecule has 7 heavy (non-hydrogen) atoms. The third kappa shape index (κ3) is 6.19. The van der Waals surface area contributed by atoms with Gasteiger partial charge in [0.25, 0.3) is 0 Å². The number of rotatable bonds is 2. The van der Waals surface area contributed by atoms with Crippen molar-refractivity contribution in [3.63, 3.8) is 0 Å². The van der Waals surface area contributed by atoms with E-state index in [0.29, 0.717) is 6.10 Å². The normalized spacial score (nSPS) is 9.14. The van der Waals surface area contributed by atoms with Crippen molar-refractivity contribution in [1.82, 2.24) is 0 Å². The van der Waals surface area contributed by atoms with Gasteiger partial charge < -0.3 is 0 Å². The van der Waals surface area contributed by atoms with Crippen LogP contribution in [0.4, 0.5) is 0 Å². The Morgan fingerprint density at radius 2 is 2.00 bits per heavy atom. The maximum absolute atomic E-state index is 5.11. The van der Waals surface area contributed by atoms with Gasteiger partial charge in [0.2, 0.25) is 0 Å². The predicted octanol–water partition coefficient (Wildman–Crippen LogP) is 0.730. The van der Waals surface area contributed by atoms with Gasteiger partial charge in [-0.25, -0.2) is 0 Å². The van der Waals surface area contributed by atoms with Crippen molar-refractivity contribution in [2.45, 2.75) is 26.9 Å². The zero-order valence-electron chi connectivity index (χ0n) is 4.89. The molecule has 42 valence electrons. The quantitative estimate of drug-likeness (QED) is 0.548. The molecule has 1 nitrogen and oxygen atoms in total. The number of ether oxygens (including phenoxy) is 1. The SMILES string of the molecule is CC(=[Se])OC(C)C. The molecule has 0 aliphatic carbocycles. The average molecular weight is 165 g/mol. The van der Waals surface area contributed by atoms with Crippen molar-refractivity contribution in [2.75, 3.05) is 0 Å². The van der Waals surface area contributed by atoms with E-state index in [9.17, 15) is 0 Å². The molecule has 0 amide bonds. The van der Waals surface area contributed by atoms with Gasteiger partial charge in [0.05, 0.1) is 0 Å². The molecule has 0 aliphatic heterocycles. The Labute approximate surface area is 52.4 Å². The van der Waals surface area contributed by atoms with Crippen LogP contribution in [0.1, 0.15) is 20.8 Å². The zero-order valence-corrected chi connectivity index (χ0v) is 6.61. The summed E-state index contributed by atoms with van der Waals surface area (Å²) in [5.74, 6) is 0. The molecule has 0 spiro atoms. The Bertz CT molecular complexity index is 68.5. The monoisotopic (exact) mass is 166 g/mol. The Kier molecular flexibility index (Phi) is 3.31. The van der Waals surface area contributed by atoms with Crippen LogP contribution in [0.15, 0.2) is 0 Å². The Morgan fingerprint density at radius 1 is 1.57 bits per heavy atom. The summed E-state index contributed by atoms with van der Waals surface area (Å²) in [4.78, 5) is 0. The van der Waals surface area contributed by atoms with E-state index < -0.39 is 0 Å². The minimum atomic E-state index is 0.307. The summed E-state index contributed by atoms with van der Waals surface area (Å²) < 4.78 is 6.02. The maximum atomic E-state index is 5.11. The Hall–Kier alpha value is 0.189. The molecule has 0 bridgehead atoms. The summed E-state index contributed by atoms with van der Waals surface area (Å²) in [6.45, 7) is 5.90. The van der Waals surface area contributed by atoms with Crippen LogP contribution in [0.25, 0.3) is 0 Å². The molecule has 0 heterocycles. The van der Waals surface area contributed by atoms with Crippen molar-refractivity contribution in [1.29, 1.82) is 0 Å². The fourth-order valence-electron chi connectivity index (χ4n) is 0.332. The van der Waals surface area contributed by atoms with E-state index in [1.165, 1.54) is 0 Å². The third-order valence-electron chi connectivity index (χ3n) is 0.402. The van der Waals surface area contributed by atoms with E-state index in [4.69, 9.17) is 4.74 Å². The molecule has 0 rings (SSSR count). The summed E-state index contributed by atoms with van der Waals surface area (Å²) in [7, 11) is 0. The molecule has 0 aliphatic rings. The van der Waals surface area contributed by atoms with Crippen LogP contribution in [0, 0.1) is 0 Å². The molecular weight excluding hydrogens is 155 g/mol. The first kappa shape index (κ1) is 7.19. The summed E-state index contributed by atoms with van der Waals surface area (Å²) in [5.41, 5.74) is 0. The molecule has 0 unspecified atom stereocenters. The van der Waals surface area contributed by atoms with Gasteiger partial charge in [0.1, 0.15) is 0 Å². The van der Waals surface area contributed by atoms with Crippen LogP contribution in [-0.4, -0.2) is 26.3 Å². The van der Waals surface area contributed by atoms with E-state index in [-0.39, 0.29) is 0 Å². The van der Waals surface area contributed by atoms with E-state index in [1.807, 2.05) is 20.8 Å². The van der Waals surface area contributed by atoms with Gasteiger partial charge in [0, 0.05) is 0 Å². The molecule has 0 saturated heterocycles. The Morgan fingerprint density at radius 3 is 2.00 bits per heavy atom. The van der Waals surface area contributed by atoms with Crippen LogP contribution < -0.4 is 0 Å². The van der Waals surface area contributed by atoms with Gasteiger partial charge in [-0.1, -0.05) is 0 Å². The molecule has 0 atom stereocenters. The molecule has 0 fully saturated rings. The predicted molar refractivity (Wildman–Crippen MR) is 32.7 cm³/mol. The van der Waals surface area contributed by atoms with Crippen LogP contribution in [0.3, 0.4) is 0 Å². The van der Waals surface area contributed by atoms with E-state index in [0.717, 1.165) is 4.60 Å². The van der Waals surface area contributed by atoms with E-state index in [2.05, 4.69) is 15.6 Å². The summed E-state index contributed by atoms with van der Waals surface area (Å²) in [6, 6.07) is 0. The van der Waals surface area contributed by atoms with Crippen molar-refractivity contribution in [2.24, 2.45) is 0 Å². The topological polar surface area (TPSA) is 9.23 Å². The van der Waals surface area contributed by atoms with Gasteiger partial charge in [-0.2, -0.15) is 0 Å². The number of hydrogen-bond donors (Lipinski definition) is 0.